The van der Waals surface area contributed by atoms with Crippen LogP contribution < -0.4 is 0 Å². The van der Waals surface area contributed by atoms with Crippen LogP contribution in [0, 0.1) is 18.3 Å². The monoisotopic (exact) mass is 264 g/mol. The number of nitriles is 1. The number of ether oxygens (including phenoxy) is 1. The quantitative estimate of drug-likeness (QED) is 0.686. The van der Waals surface area contributed by atoms with Gasteiger partial charge < -0.3 is 9.72 Å². The second-order valence-corrected chi connectivity index (χ2v) is 4.64. The molecule has 1 aromatic heterocycles. The van der Waals surface area contributed by atoms with Crippen LogP contribution in [-0.4, -0.2) is 18.1 Å². The molecule has 0 bridgehead atoms. The molecule has 3 rings (SSSR count). The van der Waals surface area contributed by atoms with E-state index in [4.69, 9.17) is 4.74 Å². The van der Waals surface area contributed by atoms with Crippen molar-refractivity contribution in [3.05, 3.63) is 47.0 Å². The molecule has 4 nitrogen and oxygen atoms in total. The Morgan fingerprint density at radius 2 is 2.10 bits per heavy atom. The minimum Gasteiger partial charge on any atom is -0.465 e. The molecule has 1 heterocycles. The van der Waals surface area contributed by atoms with Gasteiger partial charge in [-0.05, 0) is 24.6 Å². The lowest BCUT2D eigenvalue weighted by molar-refractivity contribution is 0.0603. The molecule has 3 aromatic rings. The standard InChI is InChI=1S/C16H12N2O2/c1-9-7-11(16(19)20-2)14-10-5-3-4-6-13(10)18-15(14)12(9)8-17/h3-7,18H,1-2H3. The third-order valence-corrected chi connectivity index (χ3v) is 3.50. The summed E-state index contributed by atoms with van der Waals surface area (Å²) >= 11 is 0. The number of hydrogen-bond acceptors (Lipinski definition) is 3. The van der Waals surface area contributed by atoms with Crippen LogP contribution in [0.2, 0.25) is 0 Å². The Hall–Kier alpha value is -2.80. The summed E-state index contributed by atoms with van der Waals surface area (Å²) in [6.45, 7) is 1.82. The number of para-hydroxylation sites is 1. The smallest absolute Gasteiger partial charge is 0.338 e. The summed E-state index contributed by atoms with van der Waals surface area (Å²) in [6.07, 6.45) is 0. The van der Waals surface area contributed by atoms with E-state index in [1.54, 1.807) is 6.07 Å². The zero-order chi connectivity index (χ0) is 14.3. The van der Waals surface area contributed by atoms with Crippen LogP contribution in [0.5, 0.6) is 0 Å². The van der Waals surface area contributed by atoms with Gasteiger partial charge in [-0.1, -0.05) is 18.2 Å². The van der Waals surface area contributed by atoms with Crippen LogP contribution in [-0.2, 0) is 4.74 Å². The van der Waals surface area contributed by atoms with Gasteiger partial charge in [0.15, 0.2) is 0 Å². The van der Waals surface area contributed by atoms with Crippen molar-refractivity contribution in [2.75, 3.05) is 7.11 Å². The summed E-state index contributed by atoms with van der Waals surface area (Å²) in [7, 11) is 1.36. The van der Waals surface area contributed by atoms with Gasteiger partial charge in [0.05, 0.1) is 23.8 Å². The van der Waals surface area contributed by atoms with Crippen molar-refractivity contribution in [2.24, 2.45) is 0 Å². The molecule has 2 aromatic carbocycles. The van der Waals surface area contributed by atoms with Gasteiger partial charge in [-0.3, -0.25) is 0 Å². The molecule has 20 heavy (non-hydrogen) atoms. The molecule has 0 atom stereocenters. The predicted octanol–water partition coefficient (Wildman–Crippen LogP) is 3.29. The number of hydrogen-bond donors (Lipinski definition) is 1. The van der Waals surface area contributed by atoms with Gasteiger partial charge in [0.1, 0.15) is 6.07 Å². The van der Waals surface area contributed by atoms with E-state index in [1.165, 1.54) is 7.11 Å². The second-order valence-electron chi connectivity index (χ2n) is 4.64. The number of esters is 1. The molecule has 0 fully saturated rings. The van der Waals surface area contributed by atoms with Crippen molar-refractivity contribution in [2.45, 2.75) is 6.92 Å². The molecule has 0 spiro atoms. The molecular weight excluding hydrogens is 252 g/mol. The summed E-state index contributed by atoms with van der Waals surface area (Å²) < 4.78 is 4.86. The number of benzene rings is 2. The maximum Gasteiger partial charge on any atom is 0.338 e. The van der Waals surface area contributed by atoms with E-state index in [1.807, 2.05) is 31.2 Å². The predicted molar refractivity (Wildman–Crippen MR) is 76.6 cm³/mol. The Labute approximate surface area is 115 Å². The Bertz CT molecular complexity index is 885. The highest BCUT2D eigenvalue weighted by atomic mass is 16.5. The summed E-state index contributed by atoms with van der Waals surface area (Å²) in [6, 6.07) is 11.6. The third kappa shape index (κ3) is 1.57. The van der Waals surface area contributed by atoms with Gasteiger partial charge in [0, 0.05) is 16.3 Å². The van der Waals surface area contributed by atoms with E-state index in [0.717, 1.165) is 21.9 Å². The Morgan fingerprint density at radius 3 is 2.80 bits per heavy atom. The fraction of sp³-hybridized carbons (Fsp3) is 0.125. The highest BCUT2D eigenvalue weighted by molar-refractivity contribution is 6.18. The number of rotatable bonds is 1. The minimum absolute atomic E-state index is 0.396. The second kappa shape index (κ2) is 4.39. The lowest BCUT2D eigenvalue weighted by atomic mass is 9.99. The van der Waals surface area contributed by atoms with Crippen molar-refractivity contribution in [1.82, 2.24) is 4.98 Å². The largest absolute Gasteiger partial charge is 0.465 e. The van der Waals surface area contributed by atoms with E-state index in [9.17, 15) is 10.1 Å². The highest BCUT2D eigenvalue weighted by Gasteiger charge is 2.19. The molecular formula is C16H12N2O2. The highest BCUT2D eigenvalue weighted by Crippen LogP contribution is 2.32. The molecule has 1 N–H and O–H groups in total. The first-order chi connectivity index (χ1) is 9.67. The van der Waals surface area contributed by atoms with Crippen LogP contribution in [0.15, 0.2) is 30.3 Å². The molecule has 0 aliphatic heterocycles. The summed E-state index contributed by atoms with van der Waals surface area (Å²) in [5.41, 5.74) is 3.39. The molecule has 0 aliphatic carbocycles. The van der Waals surface area contributed by atoms with Gasteiger partial charge >= 0.3 is 5.97 Å². The summed E-state index contributed by atoms with van der Waals surface area (Å²) in [5.74, 6) is -0.396. The van der Waals surface area contributed by atoms with Crippen LogP contribution in [0.25, 0.3) is 21.8 Å². The van der Waals surface area contributed by atoms with Crippen molar-refractivity contribution in [3.63, 3.8) is 0 Å². The van der Waals surface area contributed by atoms with E-state index in [0.29, 0.717) is 16.6 Å². The first kappa shape index (κ1) is 12.2. The molecule has 0 saturated carbocycles. The number of fused-ring (bicyclic) bond motifs is 3. The van der Waals surface area contributed by atoms with E-state index in [-0.39, 0.29) is 0 Å². The molecule has 0 aliphatic rings. The Balaban J connectivity index is 2.58. The average Bonchev–Trinajstić information content (AvgIpc) is 2.84. The number of aryl methyl sites for hydroxylation is 1. The number of carbonyl (C=O) groups is 1. The van der Waals surface area contributed by atoms with Crippen LogP contribution in [0.4, 0.5) is 0 Å². The lowest BCUT2D eigenvalue weighted by Crippen LogP contribution is -2.03. The first-order valence-electron chi connectivity index (χ1n) is 6.19. The molecule has 98 valence electrons. The maximum absolute atomic E-state index is 12.0. The van der Waals surface area contributed by atoms with E-state index < -0.39 is 5.97 Å². The van der Waals surface area contributed by atoms with Gasteiger partial charge in [-0.15, -0.1) is 0 Å². The summed E-state index contributed by atoms with van der Waals surface area (Å²) in [4.78, 5) is 15.2. The van der Waals surface area contributed by atoms with Gasteiger partial charge in [-0.25, -0.2) is 4.79 Å². The van der Waals surface area contributed by atoms with Gasteiger partial charge in [0.25, 0.3) is 0 Å². The number of nitrogens with zero attached hydrogens (tertiary/aromatic N) is 1. The van der Waals surface area contributed by atoms with E-state index in [2.05, 4.69) is 11.1 Å². The molecule has 0 unspecified atom stereocenters. The SMILES string of the molecule is COC(=O)c1cc(C)c(C#N)c2[nH]c3ccccc3c12. The number of nitrogens with one attached hydrogen (secondary N) is 1. The fourth-order valence-electron chi connectivity index (χ4n) is 2.58. The Kier molecular flexibility index (Phi) is 2.69. The average molecular weight is 264 g/mol. The van der Waals surface area contributed by atoms with Crippen LogP contribution in [0.3, 0.4) is 0 Å². The molecule has 0 saturated heterocycles. The van der Waals surface area contributed by atoms with Crippen molar-refractivity contribution < 1.29 is 9.53 Å². The fourth-order valence-corrected chi connectivity index (χ4v) is 2.58. The third-order valence-electron chi connectivity index (χ3n) is 3.50. The van der Waals surface area contributed by atoms with Crippen LogP contribution in [0.1, 0.15) is 21.5 Å². The van der Waals surface area contributed by atoms with Crippen molar-refractivity contribution >= 4 is 27.8 Å². The molecule has 4 heteroatoms. The van der Waals surface area contributed by atoms with Gasteiger partial charge in [-0.2, -0.15) is 5.26 Å². The first-order valence-corrected chi connectivity index (χ1v) is 6.19. The number of H-pyrrole nitrogens is 1. The molecule has 0 amide bonds. The number of carbonyl (C=O) groups excluding carboxylic acids is 1. The number of aromatic amines is 1. The zero-order valence-electron chi connectivity index (χ0n) is 11.2. The minimum atomic E-state index is -0.396. The maximum atomic E-state index is 12.0. The topological polar surface area (TPSA) is 65.9 Å². The zero-order valence-corrected chi connectivity index (χ0v) is 11.2. The summed E-state index contributed by atoms with van der Waals surface area (Å²) in [5, 5.41) is 11.0. The molecule has 0 radical (unpaired) electrons. The van der Waals surface area contributed by atoms with Gasteiger partial charge in [0.2, 0.25) is 0 Å². The van der Waals surface area contributed by atoms with Crippen molar-refractivity contribution in [3.8, 4) is 6.07 Å². The van der Waals surface area contributed by atoms with Crippen LogP contribution >= 0.6 is 0 Å². The normalized spacial score (nSPS) is 10.7. The number of methoxy groups -OCH3 is 1. The van der Waals surface area contributed by atoms with E-state index >= 15 is 0 Å². The lowest BCUT2D eigenvalue weighted by Gasteiger charge is -2.06. The van der Waals surface area contributed by atoms with Crippen molar-refractivity contribution in [1.29, 1.82) is 5.26 Å². The number of aromatic nitrogens is 1. The Morgan fingerprint density at radius 1 is 1.35 bits per heavy atom.